The predicted molar refractivity (Wildman–Crippen MR) is 77.9 cm³/mol. The third-order valence-electron chi connectivity index (χ3n) is 4.84. The Hall–Kier alpha value is -0.120. The molecule has 0 amide bonds. The van der Waals surface area contributed by atoms with Gasteiger partial charge in [-0.3, -0.25) is 4.90 Å². The molecule has 1 heterocycles. The quantitative estimate of drug-likeness (QED) is 0.822. The lowest BCUT2D eigenvalue weighted by molar-refractivity contribution is 0.112. The summed E-state index contributed by atoms with van der Waals surface area (Å²) in [6.45, 7) is 8.45. The lowest BCUT2D eigenvalue weighted by atomic mass is 9.82. The molecule has 0 aromatic rings. The molecule has 1 saturated heterocycles. The number of piperazine rings is 1. The number of hydrogen-bond acceptors (Lipinski definition) is 3. The summed E-state index contributed by atoms with van der Waals surface area (Å²) < 4.78 is 0. The molecule has 3 heteroatoms. The van der Waals surface area contributed by atoms with Gasteiger partial charge in [-0.15, -0.1) is 0 Å². The maximum atomic E-state index is 3.73. The Kier molecular flexibility index (Phi) is 5.46. The van der Waals surface area contributed by atoms with E-state index in [0.717, 1.165) is 18.4 Å². The Balaban J connectivity index is 1.64. The minimum atomic E-state index is 0.699. The molecular formula is C15H31N3. The highest BCUT2D eigenvalue weighted by Gasteiger charge is 2.23. The lowest BCUT2D eigenvalue weighted by Crippen LogP contribution is -2.54. The van der Waals surface area contributed by atoms with E-state index in [0.29, 0.717) is 6.04 Å². The summed E-state index contributed by atoms with van der Waals surface area (Å²) in [7, 11) is 4.50. The summed E-state index contributed by atoms with van der Waals surface area (Å²) in [6, 6.07) is 0.699. The minimum absolute atomic E-state index is 0.699. The standard InChI is InChI=1S/C15H31N3/c1-13-5-4-6-14(9-13)10-16-11-15-12-17(2)7-8-18(15)3/h13-16H,4-12H2,1-3H3. The zero-order chi connectivity index (χ0) is 13.0. The Bertz CT molecular complexity index is 244. The second-order valence-corrected chi connectivity index (χ2v) is 6.69. The Morgan fingerprint density at radius 2 is 1.94 bits per heavy atom. The molecule has 0 bridgehead atoms. The van der Waals surface area contributed by atoms with E-state index < -0.39 is 0 Å². The first-order valence-corrected chi connectivity index (χ1v) is 7.74. The maximum Gasteiger partial charge on any atom is 0.0345 e. The average Bonchev–Trinajstić information content (AvgIpc) is 2.34. The van der Waals surface area contributed by atoms with E-state index in [4.69, 9.17) is 0 Å². The molecule has 2 fully saturated rings. The third kappa shape index (κ3) is 4.22. The van der Waals surface area contributed by atoms with Crippen molar-refractivity contribution in [2.75, 3.05) is 46.8 Å². The van der Waals surface area contributed by atoms with Crippen molar-refractivity contribution < 1.29 is 0 Å². The maximum absolute atomic E-state index is 3.73. The molecule has 1 N–H and O–H groups in total. The minimum Gasteiger partial charge on any atom is -0.315 e. The van der Waals surface area contributed by atoms with Crippen LogP contribution in [-0.2, 0) is 0 Å². The van der Waals surface area contributed by atoms with Crippen molar-refractivity contribution in [3.05, 3.63) is 0 Å². The highest BCUT2D eigenvalue weighted by molar-refractivity contribution is 4.81. The summed E-state index contributed by atoms with van der Waals surface area (Å²) in [5.74, 6) is 1.88. The molecule has 3 nitrogen and oxygen atoms in total. The van der Waals surface area contributed by atoms with Crippen LogP contribution in [0.1, 0.15) is 32.6 Å². The molecule has 1 aliphatic carbocycles. The van der Waals surface area contributed by atoms with E-state index in [-0.39, 0.29) is 0 Å². The molecule has 2 rings (SSSR count). The first-order valence-electron chi connectivity index (χ1n) is 7.74. The second-order valence-electron chi connectivity index (χ2n) is 6.69. The molecule has 1 aliphatic heterocycles. The van der Waals surface area contributed by atoms with E-state index in [1.165, 1.54) is 51.9 Å². The first kappa shape index (κ1) is 14.3. The van der Waals surface area contributed by atoms with Crippen LogP contribution in [0.3, 0.4) is 0 Å². The molecule has 106 valence electrons. The summed E-state index contributed by atoms with van der Waals surface area (Å²) in [5.41, 5.74) is 0. The van der Waals surface area contributed by atoms with Gasteiger partial charge in [-0.2, -0.15) is 0 Å². The van der Waals surface area contributed by atoms with Crippen LogP contribution in [-0.4, -0.2) is 62.7 Å². The third-order valence-corrected chi connectivity index (χ3v) is 4.84. The summed E-state index contributed by atoms with van der Waals surface area (Å²) >= 11 is 0. The van der Waals surface area contributed by atoms with E-state index in [1.807, 2.05) is 0 Å². The molecule has 3 atom stereocenters. The van der Waals surface area contributed by atoms with Crippen LogP contribution in [0, 0.1) is 11.8 Å². The van der Waals surface area contributed by atoms with E-state index >= 15 is 0 Å². The monoisotopic (exact) mass is 253 g/mol. The van der Waals surface area contributed by atoms with Gasteiger partial charge < -0.3 is 10.2 Å². The number of likely N-dealkylation sites (N-methyl/N-ethyl adjacent to an activating group) is 2. The molecule has 3 unspecified atom stereocenters. The molecule has 0 aromatic carbocycles. The van der Waals surface area contributed by atoms with Gasteiger partial charge in [0.05, 0.1) is 0 Å². The molecule has 1 saturated carbocycles. The second kappa shape index (κ2) is 6.88. The largest absolute Gasteiger partial charge is 0.315 e. The van der Waals surface area contributed by atoms with Crippen molar-refractivity contribution in [1.29, 1.82) is 0 Å². The van der Waals surface area contributed by atoms with Crippen LogP contribution in [0.5, 0.6) is 0 Å². The van der Waals surface area contributed by atoms with Crippen molar-refractivity contribution in [3.63, 3.8) is 0 Å². The van der Waals surface area contributed by atoms with Crippen LogP contribution >= 0.6 is 0 Å². The normalized spacial score (nSPS) is 35.8. The molecule has 18 heavy (non-hydrogen) atoms. The zero-order valence-electron chi connectivity index (χ0n) is 12.5. The molecular weight excluding hydrogens is 222 g/mol. The summed E-state index contributed by atoms with van der Waals surface area (Å²) in [5, 5.41) is 3.73. The van der Waals surface area contributed by atoms with Crippen molar-refractivity contribution in [2.45, 2.75) is 38.6 Å². The summed E-state index contributed by atoms with van der Waals surface area (Å²) in [4.78, 5) is 4.96. The van der Waals surface area contributed by atoms with Gasteiger partial charge in [-0.25, -0.2) is 0 Å². The van der Waals surface area contributed by atoms with Crippen LogP contribution in [0.25, 0.3) is 0 Å². The van der Waals surface area contributed by atoms with Crippen molar-refractivity contribution in [2.24, 2.45) is 11.8 Å². The van der Waals surface area contributed by atoms with Crippen molar-refractivity contribution >= 4 is 0 Å². The van der Waals surface area contributed by atoms with E-state index in [1.54, 1.807) is 0 Å². The van der Waals surface area contributed by atoms with Crippen LogP contribution in [0.15, 0.2) is 0 Å². The first-order chi connectivity index (χ1) is 8.65. The molecule has 2 aliphatic rings. The highest BCUT2D eigenvalue weighted by atomic mass is 15.3. The Morgan fingerprint density at radius 3 is 2.72 bits per heavy atom. The van der Waals surface area contributed by atoms with Gasteiger partial charge in [-0.1, -0.05) is 19.8 Å². The fraction of sp³-hybridized carbons (Fsp3) is 1.00. The van der Waals surface area contributed by atoms with Crippen LogP contribution in [0.2, 0.25) is 0 Å². The fourth-order valence-corrected chi connectivity index (χ4v) is 3.52. The average molecular weight is 253 g/mol. The zero-order valence-corrected chi connectivity index (χ0v) is 12.5. The SMILES string of the molecule is CC1CCCC(CNCC2CN(C)CCN2C)C1. The number of hydrogen-bond donors (Lipinski definition) is 1. The van der Waals surface area contributed by atoms with Gasteiger partial charge in [-0.05, 0) is 45.3 Å². The number of rotatable bonds is 4. The van der Waals surface area contributed by atoms with Gasteiger partial charge >= 0.3 is 0 Å². The van der Waals surface area contributed by atoms with Gasteiger partial charge in [0.2, 0.25) is 0 Å². The predicted octanol–water partition coefficient (Wildman–Crippen LogP) is 1.65. The summed E-state index contributed by atoms with van der Waals surface area (Å²) in [6.07, 6.45) is 5.78. The smallest absolute Gasteiger partial charge is 0.0345 e. The Morgan fingerprint density at radius 1 is 1.11 bits per heavy atom. The highest BCUT2D eigenvalue weighted by Crippen LogP contribution is 2.27. The van der Waals surface area contributed by atoms with Gasteiger partial charge in [0.15, 0.2) is 0 Å². The number of nitrogens with one attached hydrogen (secondary N) is 1. The van der Waals surface area contributed by atoms with Gasteiger partial charge in [0, 0.05) is 32.2 Å². The van der Waals surface area contributed by atoms with Crippen LogP contribution in [0.4, 0.5) is 0 Å². The topological polar surface area (TPSA) is 18.5 Å². The fourth-order valence-electron chi connectivity index (χ4n) is 3.52. The van der Waals surface area contributed by atoms with E-state index in [9.17, 15) is 0 Å². The van der Waals surface area contributed by atoms with Gasteiger partial charge in [0.25, 0.3) is 0 Å². The van der Waals surface area contributed by atoms with Crippen LogP contribution < -0.4 is 5.32 Å². The van der Waals surface area contributed by atoms with E-state index in [2.05, 4.69) is 36.1 Å². The number of nitrogens with zero attached hydrogens (tertiary/aromatic N) is 2. The Labute approximate surface area is 113 Å². The van der Waals surface area contributed by atoms with Crippen molar-refractivity contribution in [3.8, 4) is 0 Å². The molecule has 0 radical (unpaired) electrons. The molecule has 0 aromatic heterocycles. The van der Waals surface area contributed by atoms with Crippen molar-refractivity contribution in [1.82, 2.24) is 15.1 Å². The lowest BCUT2D eigenvalue weighted by Gasteiger charge is -2.38. The molecule has 0 spiro atoms. The van der Waals surface area contributed by atoms with Gasteiger partial charge in [0.1, 0.15) is 0 Å².